The molecule has 39 heavy (non-hydrogen) atoms. The second-order valence-electron chi connectivity index (χ2n) is 10.2. The molecule has 0 saturated carbocycles. The highest BCUT2D eigenvalue weighted by molar-refractivity contribution is 7.92. The van der Waals surface area contributed by atoms with Crippen molar-refractivity contribution in [3.8, 4) is 11.5 Å². The van der Waals surface area contributed by atoms with E-state index in [0.717, 1.165) is 4.31 Å². The van der Waals surface area contributed by atoms with Crippen LogP contribution in [0.15, 0.2) is 36.4 Å². The summed E-state index contributed by atoms with van der Waals surface area (Å²) in [5.41, 5.74) is 0.367. The van der Waals surface area contributed by atoms with Crippen LogP contribution in [0.2, 0.25) is 10.0 Å². The lowest BCUT2D eigenvalue weighted by Crippen LogP contribution is -2.55. The number of amides is 2. The number of anilines is 1. The average Bonchev–Trinajstić information content (AvgIpc) is 2.87. The molecule has 1 heterocycles. The number of carbonyl (C=O) groups is 2. The van der Waals surface area contributed by atoms with Crippen molar-refractivity contribution in [2.24, 2.45) is 0 Å². The Kier molecular flexibility index (Phi) is 10.0. The van der Waals surface area contributed by atoms with Gasteiger partial charge in [-0.3, -0.25) is 13.9 Å². The molecule has 0 aliphatic carbocycles. The molecule has 0 saturated heterocycles. The molecule has 0 fully saturated rings. The second kappa shape index (κ2) is 12.7. The third-order valence-corrected chi connectivity index (χ3v) is 8.49. The van der Waals surface area contributed by atoms with Crippen molar-refractivity contribution < 1.29 is 27.5 Å². The number of nitrogens with zero attached hydrogens (tertiary/aromatic N) is 2. The monoisotopic (exact) mass is 599 g/mol. The number of sulfonamides is 1. The average molecular weight is 601 g/mol. The van der Waals surface area contributed by atoms with Crippen molar-refractivity contribution in [3.05, 3.63) is 52.0 Å². The largest absolute Gasteiger partial charge is 0.486 e. The van der Waals surface area contributed by atoms with Crippen molar-refractivity contribution in [1.82, 2.24) is 10.2 Å². The molecule has 214 valence electrons. The van der Waals surface area contributed by atoms with E-state index in [-0.39, 0.29) is 23.9 Å². The van der Waals surface area contributed by atoms with E-state index in [1.807, 2.05) is 20.8 Å². The Morgan fingerprint density at radius 2 is 1.67 bits per heavy atom. The van der Waals surface area contributed by atoms with E-state index in [2.05, 4.69) is 5.32 Å². The van der Waals surface area contributed by atoms with Gasteiger partial charge in [0.1, 0.15) is 25.8 Å². The van der Waals surface area contributed by atoms with E-state index in [1.54, 1.807) is 43.3 Å². The Balaban J connectivity index is 2.01. The van der Waals surface area contributed by atoms with Crippen LogP contribution in [0.3, 0.4) is 0 Å². The summed E-state index contributed by atoms with van der Waals surface area (Å²) >= 11 is 12.3. The van der Waals surface area contributed by atoms with Crippen molar-refractivity contribution in [2.45, 2.75) is 59.2 Å². The minimum absolute atomic E-state index is 0.0208. The number of nitrogens with one attached hydrogen (secondary N) is 1. The molecule has 1 atom stereocenters. The molecule has 0 radical (unpaired) electrons. The fraction of sp³-hybridized carbons (Fsp3) is 0.481. The molecule has 0 aromatic heterocycles. The summed E-state index contributed by atoms with van der Waals surface area (Å²) in [5, 5.41) is 3.59. The van der Waals surface area contributed by atoms with Gasteiger partial charge in [-0.15, -0.1) is 0 Å². The predicted octanol–water partition coefficient (Wildman–Crippen LogP) is 4.64. The lowest BCUT2D eigenvalue weighted by atomic mass is 10.1. The van der Waals surface area contributed by atoms with Gasteiger partial charge >= 0.3 is 0 Å². The van der Waals surface area contributed by atoms with Gasteiger partial charge in [-0.1, -0.05) is 36.2 Å². The molecule has 3 rings (SSSR count). The van der Waals surface area contributed by atoms with Crippen LogP contribution in [-0.4, -0.2) is 62.2 Å². The summed E-state index contributed by atoms with van der Waals surface area (Å²) in [7, 11) is -3.88. The SMILES string of the molecule is CCC(C(=O)NC(C)(C)C)N(Cc1ccc(Cl)c(Cl)c1)C(=O)CN(c1ccc2c(c1)OCCO2)S(=O)(=O)CC. The number of fused-ring (bicyclic) bond motifs is 1. The maximum atomic E-state index is 13.9. The van der Waals surface area contributed by atoms with Crippen LogP contribution in [-0.2, 0) is 26.2 Å². The van der Waals surface area contributed by atoms with Crippen LogP contribution in [0.25, 0.3) is 0 Å². The molecule has 12 heteroatoms. The third-order valence-electron chi connectivity index (χ3n) is 6.01. The van der Waals surface area contributed by atoms with E-state index in [9.17, 15) is 18.0 Å². The zero-order valence-corrected chi connectivity index (χ0v) is 25.1. The summed E-state index contributed by atoms with van der Waals surface area (Å²) in [5.74, 6) is -0.238. The number of rotatable bonds is 10. The molecule has 2 aromatic rings. The molecule has 1 aliphatic rings. The normalized spacial score (nSPS) is 13.9. The molecular weight excluding hydrogens is 565 g/mol. The quantitative estimate of drug-likeness (QED) is 0.426. The van der Waals surface area contributed by atoms with Crippen molar-refractivity contribution in [1.29, 1.82) is 0 Å². The van der Waals surface area contributed by atoms with Gasteiger partial charge in [0.05, 0.1) is 21.5 Å². The van der Waals surface area contributed by atoms with Crippen LogP contribution >= 0.6 is 23.2 Å². The van der Waals surface area contributed by atoms with E-state index in [0.29, 0.717) is 46.7 Å². The highest BCUT2D eigenvalue weighted by Crippen LogP contribution is 2.35. The topological polar surface area (TPSA) is 105 Å². The van der Waals surface area contributed by atoms with Gasteiger partial charge in [-0.25, -0.2) is 8.42 Å². The van der Waals surface area contributed by atoms with Crippen molar-refractivity contribution in [2.75, 3.05) is 29.8 Å². The molecule has 1 N–H and O–H groups in total. The van der Waals surface area contributed by atoms with Gasteiger partial charge in [0.25, 0.3) is 0 Å². The highest BCUT2D eigenvalue weighted by atomic mass is 35.5. The molecule has 9 nitrogen and oxygen atoms in total. The van der Waals surface area contributed by atoms with Gasteiger partial charge in [0.15, 0.2) is 11.5 Å². The molecule has 1 unspecified atom stereocenters. The lowest BCUT2D eigenvalue weighted by Gasteiger charge is -2.35. The number of hydrogen-bond donors (Lipinski definition) is 1. The number of benzene rings is 2. The van der Waals surface area contributed by atoms with Gasteiger partial charge in [-0.05, 0) is 63.9 Å². The summed E-state index contributed by atoms with van der Waals surface area (Å²) in [6.45, 7) is 9.06. The van der Waals surface area contributed by atoms with Crippen LogP contribution in [0.5, 0.6) is 11.5 Å². The number of halogens is 2. The number of hydrogen-bond acceptors (Lipinski definition) is 6. The summed E-state index contributed by atoms with van der Waals surface area (Å²) < 4.78 is 38.6. The van der Waals surface area contributed by atoms with E-state index < -0.39 is 34.1 Å². The standard InChI is InChI=1S/C27H35Cl2N3O6S/c1-6-22(26(34)30-27(3,4)5)31(16-18-8-10-20(28)21(29)14-18)25(33)17-32(39(35,36)7-2)19-9-11-23-24(15-19)38-13-12-37-23/h8-11,14-15,22H,6-7,12-13,16-17H2,1-5H3,(H,30,34). The van der Waals surface area contributed by atoms with Crippen molar-refractivity contribution in [3.63, 3.8) is 0 Å². The van der Waals surface area contributed by atoms with Crippen molar-refractivity contribution >= 4 is 50.7 Å². The van der Waals surface area contributed by atoms with E-state index in [1.165, 1.54) is 11.8 Å². The fourth-order valence-corrected chi connectivity index (χ4v) is 5.49. The smallest absolute Gasteiger partial charge is 0.244 e. The van der Waals surface area contributed by atoms with E-state index in [4.69, 9.17) is 32.7 Å². The first-order valence-electron chi connectivity index (χ1n) is 12.7. The molecule has 0 spiro atoms. The maximum Gasteiger partial charge on any atom is 0.244 e. The molecule has 2 amide bonds. The number of carbonyl (C=O) groups excluding carboxylic acids is 2. The second-order valence-corrected chi connectivity index (χ2v) is 13.2. The lowest BCUT2D eigenvalue weighted by molar-refractivity contribution is -0.141. The Bertz CT molecular complexity index is 1310. The minimum atomic E-state index is -3.88. The van der Waals surface area contributed by atoms with E-state index >= 15 is 0 Å². The number of ether oxygens (including phenoxy) is 2. The molecule has 2 aromatic carbocycles. The molecular formula is C27H35Cl2N3O6S. The van der Waals surface area contributed by atoms with Gasteiger partial charge in [-0.2, -0.15) is 0 Å². The highest BCUT2D eigenvalue weighted by Gasteiger charge is 2.34. The predicted molar refractivity (Wildman–Crippen MR) is 153 cm³/mol. The summed E-state index contributed by atoms with van der Waals surface area (Å²) in [6.07, 6.45) is 0.305. The first kappa shape index (κ1) is 30.8. The van der Waals surface area contributed by atoms with Crippen LogP contribution < -0.4 is 19.1 Å². The Morgan fingerprint density at radius 3 is 2.26 bits per heavy atom. The van der Waals surface area contributed by atoms with Gasteiger partial charge < -0.3 is 19.7 Å². The third kappa shape index (κ3) is 7.93. The van der Waals surface area contributed by atoms with Crippen LogP contribution in [0.1, 0.15) is 46.6 Å². The zero-order chi connectivity index (χ0) is 29.0. The first-order valence-corrected chi connectivity index (χ1v) is 15.1. The summed E-state index contributed by atoms with van der Waals surface area (Å²) in [4.78, 5) is 28.6. The molecule has 0 bridgehead atoms. The van der Waals surface area contributed by atoms with Crippen LogP contribution in [0.4, 0.5) is 5.69 Å². The summed E-state index contributed by atoms with van der Waals surface area (Å²) in [6, 6.07) is 8.82. The first-order chi connectivity index (χ1) is 18.3. The fourth-order valence-electron chi connectivity index (χ4n) is 4.11. The van der Waals surface area contributed by atoms with Gasteiger partial charge in [0.2, 0.25) is 21.8 Å². The Hall–Kier alpha value is -2.69. The minimum Gasteiger partial charge on any atom is -0.486 e. The zero-order valence-electron chi connectivity index (χ0n) is 22.8. The van der Waals surface area contributed by atoms with Gasteiger partial charge in [0, 0.05) is 18.2 Å². The van der Waals surface area contributed by atoms with Crippen LogP contribution in [0, 0.1) is 0 Å². The molecule has 1 aliphatic heterocycles. The Labute approximate surface area is 240 Å². The Morgan fingerprint density at radius 1 is 1.00 bits per heavy atom. The maximum absolute atomic E-state index is 13.9.